The predicted molar refractivity (Wildman–Crippen MR) is 95.8 cm³/mol. The second kappa shape index (κ2) is 24.1. The van der Waals surface area contributed by atoms with Gasteiger partial charge in [-0.2, -0.15) is 0 Å². The molecule has 0 spiro atoms. The number of para-hydroxylation sites is 2. The summed E-state index contributed by atoms with van der Waals surface area (Å²) in [5.41, 5.74) is 2.12. The SMILES string of the molecule is [Cr+4].[Cr+4].[O-2].[OH-].[OH-].[OH-].[OH-].[OH-].[OH-].c1ccc2ncccc2c1.c1ccc2ncccc2c1. The van der Waals surface area contributed by atoms with Crippen molar-refractivity contribution in [3.8, 4) is 0 Å². The van der Waals surface area contributed by atoms with E-state index in [0.29, 0.717) is 0 Å². The topological polar surface area (TPSA) is 234 Å². The van der Waals surface area contributed by atoms with Crippen LogP contribution in [-0.2, 0) is 40.2 Å². The smallest absolute Gasteiger partial charge is 2.00 e. The Kier molecular flexibility index (Phi) is 37.9. The van der Waals surface area contributed by atoms with Gasteiger partial charge in [-0.05, 0) is 24.3 Å². The van der Waals surface area contributed by atoms with Crippen LogP contribution in [0.15, 0.2) is 85.2 Å². The van der Waals surface area contributed by atoms with E-state index in [-0.39, 0.29) is 73.1 Å². The van der Waals surface area contributed by atoms with Gasteiger partial charge in [0.15, 0.2) is 0 Å². The second-order valence-electron chi connectivity index (χ2n) is 4.39. The Balaban J connectivity index is -0.0000000509. The molecule has 29 heavy (non-hydrogen) atoms. The summed E-state index contributed by atoms with van der Waals surface area (Å²) in [6.45, 7) is 0. The van der Waals surface area contributed by atoms with Crippen molar-refractivity contribution in [1.29, 1.82) is 0 Å². The third kappa shape index (κ3) is 13.0. The van der Waals surface area contributed by atoms with Crippen LogP contribution in [0, 0.1) is 0 Å². The van der Waals surface area contributed by atoms with Crippen molar-refractivity contribution in [2.45, 2.75) is 0 Å². The standard InChI is InChI=1S/2C9H7N.2Cr.6H2O.O/c2*1-2-6-9-8(4-1)5-3-7-10-9;;;;;;;;;/h2*1-7H;;;6*1H2;/q;;2*+4;;;;;;;-2/p-6. The quantitative estimate of drug-likeness (QED) is 0.361. The summed E-state index contributed by atoms with van der Waals surface area (Å²) in [4.78, 5) is 8.36. The Bertz CT molecular complexity index is 655. The Morgan fingerprint density at radius 1 is 0.414 bits per heavy atom. The molecule has 6 N–H and O–H groups in total. The Labute approximate surface area is 189 Å². The first-order valence-electron chi connectivity index (χ1n) is 6.53. The van der Waals surface area contributed by atoms with Gasteiger partial charge in [0.2, 0.25) is 0 Å². The van der Waals surface area contributed by atoms with Gasteiger partial charge in [0, 0.05) is 23.2 Å². The van der Waals surface area contributed by atoms with Crippen molar-refractivity contribution in [1.82, 2.24) is 9.97 Å². The van der Waals surface area contributed by atoms with E-state index < -0.39 is 0 Å². The molecule has 0 saturated heterocycles. The van der Waals surface area contributed by atoms with Crippen LogP contribution >= 0.6 is 0 Å². The average Bonchev–Trinajstić information content (AvgIpc) is 2.56. The van der Waals surface area contributed by atoms with Crippen LogP contribution in [0.5, 0.6) is 0 Å². The normalized spacial score (nSPS) is 6.90. The molecular formula is C18H20Cr2N2O7. The summed E-state index contributed by atoms with van der Waals surface area (Å²) < 4.78 is 0. The number of aromatic nitrogens is 2. The van der Waals surface area contributed by atoms with Gasteiger partial charge in [-0.1, -0.05) is 48.5 Å². The Morgan fingerprint density at radius 3 is 1.00 bits per heavy atom. The van der Waals surface area contributed by atoms with Crippen molar-refractivity contribution in [3.05, 3.63) is 85.2 Å². The number of rotatable bonds is 0. The van der Waals surface area contributed by atoms with Gasteiger partial charge in [-0.25, -0.2) is 0 Å². The third-order valence-corrected chi connectivity index (χ3v) is 3.02. The van der Waals surface area contributed by atoms with Crippen LogP contribution in [-0.4, -0.2) is 42.8 Å². The number of benzene rings is 2. The maximum Gasteiger partial charge on any atom is 4.00 e. The first-order valence-corrected chi connectivity index (χ1v) is 6.53. The van der Waals surface area contributed by atoms with Crippen LogP contribution in [0.3, 0.4) is 0 Å². The van der Waals surface area contributed by atoms with E-state index >= 15 is 0 Å². The fourth-order valence-corrected chi connectivity index (χ4v) is 2.03. The number of fused-ring (bicyclic) bond motifs is 2. The molecule has 0 fully saturated rings. The van der Waals surface area contributed by atoms with Crippen molar-refractivity contribution in [3.63, 3.8) is 0 Å². The minimum Gasteiger partial charge on any atom is -2.00 e. The molecule has 0 saturated carbocycles. The molecule has 2 heterocycles. The first kappa shape index (κ1) is 45.7. The number of hydrogen-bond acceptors (Lipinski definition) is 8. The van der Waals surface area contributed by atoms with Gasteiger partial charge >= 0.3 is 34.7 Å². The van der Waals surface area contributed by atoms with Gasteiger partial charge in [0.25, 0.3) is 0 Å². The molecule has 156 valence electrons. The molecule has 2 aromatic heterocycles. The molecule has 0 bridgehead atoms. The zero-order valence-electron chi connectivity index (χ0n) is 14.9. The molecule has 0 aliphatic carbocycles. The summed E-state index contributed by atoms with van der Waals surface area (Å²) in [5, 5.41) is 2.40. The molecular weight excluding hydrogens is 460 g/mol. The Hall–Kier alpha value is -1.96. The second-order valence-corrected chi connectivity index (χ2v) is 4.39. The maximum atomic E-state index is 4.18. The molecule has 4 rings (SSSR count). The zero-order valence-corrected chi connectivity index (χ0v) is 17.4. The molecule has 0 radical (unpaired) electrons. The van der Waals surface area contributed by atoms with E-state index in [9.17, 15) is 0 Å². The fraction of sp³-hybridized carbons (Fsp3) is 0. The predicted octanol–water partition coefficient (Wildman–Crippen LogP) is 3.29. The number of nitrogens with zero attached hydrogens (tertiary/aromatic N) is 2. The summed E-state index contributed by atoms with van der Waals surface area (Å²) in [6.07, 6.45) is 3.62. The molecule has 0 amide bonds. The molecule has 0 aliphatic heterocycles. The molecule has 0 aliphatic rings. The van der Waals surface area contributed by atoms with Gasteiger partial charge in [-0.15, -0.1) is 0 Å². The molecule has 2 aromatic carbocycles. The molecule has 4 aromatic rings. The van der Waals surface area contributed by atoms with E-state index in [1.54, 1.807) is 0 Å². The van der Waals surface area contributed by atoms with E-state index in [4.69, 9.17) is 0 Å². The fourth-order valence-electron chi connectivity index (χ4n) is 2.03. The minimum atomic E-state index is 0. The average molecular weight is 480 g/mol. The van der Waals surface area contributed by atoms with Crippen LogP contribution in [0.1, 0.15) is 0 Å². The van der Waals surface area contributed by atoms with E-state index in [1.165, 1.54) is 10.8 Å². The Morgan fingerprint density at radius 2 is 0.690 bits per heavy atom. The summed E-state index contributed by atoms with van der Waals surface area (Å²) >= 11 is 0. The van der Waals surface area contributed by atoms with Crippen LogP contribution in [0.2, 0.25) is 0 Å². The molecule has 11 heteroatoms. The summed E-state index contributed by atoms with van der Waals surface area (Å²) in [5.74, 6) is 0. The summed E-state index contributed by atoms with van der Waals surface area (Å²) in [6, 6.07) is 24.2. The van der Waals surface area contributed by atoms with Gasteiger partial charge in [0.05, 0.1) is 11.0 Å². The van der Waals surface area contributed by atoms with Crippen molar-refractivity contribution >= 4 is 21.8 Å². The van der Waals surface area contributed by atoms with E-state index in [2.05, 4.69) is 34.2 Å². The minimum absolute atomic E-state index is 0. The number of pyridine rings is 2. The molecule has 0 atom stereocenters. The largest absolute Gasteiger partial charge is 4.00 e. The van der Waals surface area contributed by atoms with Crippen LogP contribution < -0.4 is 0 Å². The van der Waals surface area contributed by atoms with Crippen molar-refractivity contribution < 1.29 is 73.1 Å². The number of hydrogen-bond donors (Lipinski definition) is 0. The van der Waals surface area contributed by atoms with Gasteiger partial charge in [0.1, 0.15) is 0 Å². The molecule has 9 nitrogen and oxygen atoms in total. The van der Waals surface area contributed by atoms with Gasteiger partial charge < -0.3 is 38.3 Å². The van der Waals surface area contributed by atoms with Crippen LogP contribution in [0.25, 0.3) is 21.8 Å². The third-order valence-electron chi connectivity index (χ3n) is 3.02. The van der Waals surface area contributed by atoms with Crippen LogP contribution in [0.4, 0.5) is 0 Å². The maximum absolute atomic E-state index is 4.18. The first-order chi connectivity index (χ1) is 9.93. The van der Waals surface area contributed by atoms with E-state index in [1.807, 2.05) is 60.9 Å². The van der Waals surface area contributed by atoms with Crippen molar-refractivity contribution in [2.24, 2.45) is 0 Å². The van der Waals surface area contributed by atoms with Gasteiger partial charge in [-0.3, -0.25) is 9.97 Å². The summed E-state index contributed by atoms with van der Waals surface area (Å²) in [7, 11) is 0. The van der Waals surface area contributed by atoms with Crippen molar-refractivity contribution in [2.75, 3.05) is 0 Å². The van der Waals surface area contributed by atoms with E-state index in [0.717, 1.165) is 11.0 Å². The molecule has 0 unspecified atom stereocenters. The monoisotopic (exact) mass is 480 g/mol. The zero-order chi connectivity index (χ0) is 13.6.